The molecular formula is C15H3F18FeO6. The summed E-state index contributed by atoms with van der Waals surface area (Å²) in [6.45, 7) is 0. The Balaban J connectivity index is -0.000000240. The summed E-state index contributed by atoms with van der Waals surface area (Å²) in [7, 11) is 0. The molecule has 0 fully saturated rings. The van der Waals surface area contributed by atoms with Crippen LogP contribution in [0.3, 0.4) is 0 Å². The first kappa shape index (κ1) is 43.9. The first-order valence-electron chi connectivity index (χ1n) is 7.86. The van der Waals surface area contributed by atoms with Crippen molar-refractivity contribution in [3.05, 3.63) is 35.5 Å². The average Bonchev–Trinajstić information content (AvgIpc) is 2.64. The molecule has 6 nitrogen and oxygen atoms in total. The summed E-state index contributed by atoms with van der Waals surface area (Å²) in [5, 5.41) is 29.5. The van der Waals surface area contributed by atoms with Gasteiger partial charge in [0.05, 0.1) is 0 Å². The van der Waals surface area contributed by atoms with Gasteiger partial charge in [0.15, 0.2) is 0 Å². The summed E-state index contributed by atoms with van der Waals surface area (Å²) in [5.41, 5.74) is 0. The van der Waals surface area contributed by atoms with E-state index >= 15 is 0 Å². The monoisotopic (exact) mass is 677 g/mol. The molecule has 0 aromatic rings. The molecule has 0 saturated carbocycles. The van der Waals surface area contributed by atoms with Crippen molar-refractivity contribution in [2.45, 2.75) is 37.1 Å². The second-order valence-corrected chi connectivity index (χ2v) is 5.61. The maximum Gasteiger partial charge on any atom is 3.00 e. The van der Waals surface area contributed by atoms with Crippen LogP contribution in [0.4, 0.5) is 79.0 Å². The summed E-state index contributed by atoms with van der Waals surface area (Å²) >= 11 is 0. The largest absolute Gasteiger partial charge is 3.00 e. The Kier molecular flexibility index (Phi) is 16.5. The molecule has 0 aliphatic rings. The fourth-order valence-electron chi connectivity index (χ4n) is 0.848. The first-order chi connectivity index (χ1) is 16.6. The minimum atomic E-state index is -5.46. The molecule has 0 aliphatic heterocycles. The van der Waals surface area contributed by atoms with E-state index < -0.39 is 89.9 Å². The number of carbonyl (C=O) groups excluding carboxylic acids is 3. The second kappa shape index (κ2) is 15.0. The van der Waals surface area contributed by atoms with E-state index in [1.807, 2.05) is 0 Å². The Hall–Kier alpha value is -3.11. The smallest absolute Gasteiger partial charge is 0.869 e. The minimum absolute atomic E-state index is 0. The van der Waals surface area contributed by atoms with E-state index in [-0.39, 0.29) is 17.1 Å². The molecule has 40 heavy (non-hydrogen) atoms. The predicted molar refractivity (Wildman–Crippen MR) is 75.6 cm³/mol. The fraction of sp³-hybridized carbons (Fsp3) is 0.400. The van der Waals surface area contributed by atoms with Crippen molar-refractivity contribution in [1.82, 2.24) is 0 Å². The van der Waals surface area contributed by atoms with Crippen molar-refractivity contribution in [1.29, 1.82) is 0 Å². The van der Waals surface area contributed by atoms with E-state index in [4.69, 9.17) is 0 Å². The Morgan fingerprint density at radius 1 is 0.350 bits per heavy atom. The van der Waals surface area contributed by atoms with Crippen molar-refractivity contribution in [3.63, 3.8) is 0 Å². The summed E-state index contributed by atoms with van der Waals surface area (Å²) in [4.78, 5) is 29.5. The van der Waals surface area contributed by atoms with Crippen LogP contribution in [0.5, 0.6) is 0 Å². The van der Waals surface area contributed by atoms with Gasteiger partial charge < -0.3 is 15.3 Å². The molecule has 233 valence electrons. The Bertz CT molecular complexity index is 834. The molecule has 0 N–H and O–H groups in total. The van der Waals surface area contributed by atoms with Crippen LogP contribution in [0, 0.1) is 0 Å². The summed E-state index contributed by atoms with van der Waals surface area (Å²) in [6, 6.07) is 0. The molecule has 0 heterocycles. The minimum Gasteiger partial charge on any atom is -0.869 e. The standard InChI is InChI=1S/3C5H2F6O2.Fe/c3*6-4(7,8)2(12)1-3(13)5(9,10)11;/h3*1,12H;/q;;;+3/p-3. The van der Waals surface area contributed by atoms with Crippen molar-refractivity contribution in [2.24, 2.45) is 0 Å². The van der Waals surface area contributed by atoms with Crippen molar-refractivity contribution >= 4 is 17.3 Å². The van der Waals surface area contributed by atoms with Crippen LogP contribution in [0.15, 0.2) is 35.5 Å². The van der Waals surface area contributed by atoms with Crippen LogP contribution in [-0.2, 0) is 31.5 Å². The Labute approximate surface area is 216 Å². The maximum absolute atomic E-state index is 11.3. The fourth-order valence-corrected chi connectivity index (χ4v) is 0.848. The van der Waals surface area contributed by atoms with Gasteiger partial charge >= 0.3 is 54.1 Å². The quantitative estimate of drug-likeness (QED) is 0.196. The molecule has 0 aliphatic carbocycles. The van der Waals surface area contributed by atoms with E-state index in [9.17, 15) is 109 Å². The summed E-state index contributed by atoms with van der Waals surface area (Å²) in [6.07, 6.45) is -35.8. The second-order valence-electron chi connectivity index (χ2n) is 5.61. The van der Waals surface area contributed by atoms with Crippen molar-refractivity contribution in [2.75, 3.05) is 0 Å². The number of ketones is 3. The van der Waals surface area contributed by atoms with E-state index in [1.165, 1.54) is 0 Å². The van der Waals surface area contributed by atoms with Gasteiger partial charge in [-0.2, -0.15) is 79.0 Å². The molecule has 0 atom stereocenters. The maximum atomic E-state index is 11.3. The normalized spacial score (nSPS) is 14.1. The Morgan fingerprint density at radius 3 is 0.550 bits per heavy atom. The molecular weight excluding hydrogens is 674 g/mol. The molecule has 0 rings (SSSR count). The Morgan fingerprint density at radius 2 is 0.475 bits per heavy atom. The van der Waals surface area contributed by atoms with Crippen LogP contribution in [0.2, 0.25) is 0 Å². The number of hydrogen-bond donors (Lipinski definition) is 0. The van der Waals surface area contributed by atoms with Gasteiger partial charge in [-0.05, 0) is 35.5 Å². The van der Waals surface area contributed by atoms with Crippen LogP contribution >= 0.6 is 0 Å². The number of alkyl halides is 18. The summed E-state index contributed by atoms with van der Waals surface area (Å²) in [5.74, 6) is -16.9. The molecule has 0 saturated heterocycles. The van der Waals surface area contributed by atoms with Gasteiger partial charge in [0.1, 0.15) is 0 Å². The molecule has 1 radical (unpaired) electrons. The molecule has 0 unspecified atom stereocenters. The van der Waals surface area contributed by atoms with Crippen LogP contribution in [0.25, 0.3) is 0 Å². The van der Waals surface area contributed by atoms with E-state index in [0.29, 0.717) is 0 Å². The number of carbonyl (C=O) groups is 3. The number of halogens is 18. The number of hydrogen-bond acceptors (Lipinski definition) is 6. The van der Waals surface area contributed by atoms with Crippen LogP contribution < -0.4 is 15.3 Å². The summed E-state index contributed by atoms with van der Waals surface area (Å²) < 4.78 is 203. The first-order valence-corrected chi connectivity index (χ1v) is 7.86. The molecule has 0 amide bonds. The molecule has 0 bridgehead atoms. The zero-order chi connectivity index (χ0) is 32.6. The van der Waals surface area contributed by atoms with Gasteiger partial charge in [-0.25, -0.2) is 0 Å². The number of rotatable bonds is 3. The third-order valence-corrected chi connectivity index (χ3v) is 2.46. The zero-order valence-corrected chi connectivity index (χ0v) is 18.4. The van der Waals surface area contributed by atoms with Gasteiger partial charge in [0, 0.05) is 0 Å². The van der Waals surface area contributed by atoms with Crippen molar-refractivity contribution in [3.8, 4) is 0 Å². The van der Waals surface area contributed by atoms with Gasteiger partial charge in [0.25, 0.3) is 17.3 Å². The van der Waals surface area contributed by atoms with E-state index in [0.717, 1.165) is 0 Å². The van der Waals surface area contributed by atoms with Gasteiger partial charge in [-0.3, -0.25) is 14.4 Å². The molecule has 0 aromatic heterocycles. The topological polar surface area (TPSA) is 120 Å². The SMILES string of the molecule is O=C(C=C([O-])C(F)(F)F)C(F)(F)F.O=C(C=C([O-])C(F)(F)F)C(F)(F)F.O=C(C=C([O-])C(F)(F)F)C(F)(F)F.[Fe+3]. The van der Waals surface area contributed by atoms with Gasteiger partial charge in [-0.1, -0.05) is 0 Å². The molecule has 0 aromatic carbocycles. The zero-order valence-electron chi connectivity index (χ0n) is 17.3. The average molecular weight is 677 g/mol. The van der Waals surface area contributed by atoms with Crippen molar-refractivity contribution < 1.29 is 126 Å². The third kappa shape index (κ3) is 19.9. The predicted octanol–water partition coefficient (Wildman–Crippen LogP) is 2.77. The molecule has 0 spiro atoms. The van der Waals surface area contributed by atoms with Crippen LogP contribution in [-0.4, -0.2) is 54.4 Å². The third-order valence-electron chi connectivity index (χ3n) is 2.46. The van der Waals surface area contributed by atoms with Gasteiger partial charge in [0.2, 0.25) is 0 Å². The van der Waals surface area contributed by atoms with Crippen LogP contribution in [0.1, 0.15) is 0 Å². The molecule has 25 heteroatoms. The van der Waals surface area contributed by atoms with Gasteiger partial charge in [-0.15, -0.1) is 0 Å². The van der Waals surface area contributed by atoms with E-state index in [1.54, 1.807) is 0 Å². The van der Waals surface area contributed by atoms with E-state index in [2.05, 4.69) is 0 Å². The number of allylic oxidation sites excluding steroid dienone is 6.